The van der Waals surface area contributed by atoms with Crippen molar-refractivity contribution in [2.75, 3.05) is 0 Å². The molecule has 7 nitrogen and oxygen atoms in total. The molecule has 1 heterocycles. The molecule has 1 aromatic heterocycles. The molecule has 1 atom stereocenters. The van der Waals surface area contributed by atoms with Crippen LogP contribution in [0.4, 0.5) is 13.2 Å². The fourth-order valence-corrected chi connectivity index (χ4v) is 3.59. The number of hydrogen-bond acceptors (Lipinski definition) is 5. The fourth-order valence-electron chi connectivity index (χ4n) is 3.53. The Morgan fingerprint density at radius 3 is 2.37 bits per heavy atom. The molecule has 0 amide bonds. The molecule has 2 aromatic rings. The van der Waals surface area contributed by atoms with E-state index < -0.39 is 35.2 Å². The number of carboxylic acids is 1. The van der Waals surface area contributed by atoms with Crippen LogP contribution in [0.25, 0.3) is 0 Å². The third-order valence-electron chi connectivity index (χ3n) is 5.67. The van der Waals surface area contributed by atoms with Gasteiger partial charge >= 0.3 is 12.1 Å². The standard InChI is InChI=1S/C24H25ClF3N3O4/c1-13(15(3)25)5-6-14(2)35-21-18(19(24(26,27)28)30-31(21)4)20(32)29-23(11-12-23)17-9-7-16(8-10-17)22(33)34/h5-10,20,29,32H,3,11-12H2,1-2,4H3,(H,33,34). The lowest BCUT2D eigenvalue weighted by atomic mass is 10.0. The summed E-state index contributed by atoms with van der Waals surface area (Å²) in [7, 11) is 1.29. The zero-order chi connectivity index (χ0) is 26.1. The second-order valence-corrected chi connectivity index (χ2v) is 8.79. The van der Waals surface area contributed by atoms with E-state index in [1.54, 1.807) is 25.1 Å². The van der Waals surface area contributed by atoms with Crippen molar-refractivity contribution in [3.8, 4) is 5.88 Å². The van der Waals surface area contributed by atoms with Crippen LogP contribution in [0.15, 0.2) is 59.4 Å². The molecule has 1 unspecified atom stereocenters. The molecule has 3 N–H and O–H groups in total. The summed E-state index contributed by atoms with van der Waals surface area (Å²) in [6.07, 6.45) is -2.43. The summed E-state index contributed by atoms with van der Waals surface area (Å²) in [5.74, 6) is -1.14. The van der Waals surface area contributed by atoms with E-state index in [1.165, 1.54) is 32.2 Å². The number of alkyl halides is 3. The Labute approximate surface area is 205 Å². The summed E-state index contributed by atoms with van der Waals surface area (Å²) < 4.78 is 48.0. The van der Waals surface area contributed by atoms with E-state index in [0.717, 1.165) is 4.68 Å². The Morgan fingerprint density at radius 1 is 1.29 bits per heavy atom. The normalized spacial score (nSPS) is 16.7. The molecule has 1 saturated carbocycles. The lowest BCUT2D eigenvalue weighted by Gasteiger charge is -2.24. The van der Waals surface area contributed by atoms with Crippen molar-refractivity contribution < 1.29 is 32.9 Å². The predicted molar refractivity (Wildman–Crippen MR) is 124 cm³/mol. The van der Waals surface area contributed by atoms with Gasteiger partial charge in [0.2, 0.25) is 5.88 Å². The largest absolute Gasteiger partial charge is 0.478 e. The Kier molecular flexibility index (Phi) is 7.49. The summed E-state index contributed by atoms with van der Waals surface area (Å²) in [4.78, 5) is 11.1. The van der Waals surface area contributed by atoms with Crippen molar-refractivity contribution in [2.45, 2.75) is 44.6 Å². The Hall–Kier alpha value is -3.08. The second-order valence-electron chi connectivity index (χ2n) is 8.33. The Balaban J connectivity index is 1.95. The van der Waals surface area contributed by atoms with Gasteiger partial charge in [0, 0.05) is 17.6 Å². The van der Waals surface area contributed by atoms with E-state index in [4.69, 9.17) is 21.4 Å². The molecule has 0 radical (unpaired) electrons. The first kappa shape index (κ1) is 26.5. The van der Waals surface area contributed by atoms with Gasteiger partial charge in [-0.25, -0.2) is 9.48 Å². The van der Waals surface area contributed by atoms with Crippen molar-refractivity contribution in [2.24, 2.45) is 7.05 Å². The molecular weight excluding hydrogens is 487 g/mol. The van der Waals surface area contributed by atoms with Crippen LogP contribution in [0, 0.1) is 0 Å². The van der Waals surface area contributed by atoms with Crippen molar-refractivity contribution >= 4 is 17.6 Å². The average Bonchev–Trinajstić information content (AvgIpc) is 3.47. The summed E-state index contributed by atoms with van der Waals surface area (Å²) in [6.45, 7) is 6.84. The van der Waals surface area contributed by atoms with Crippen LogP contribution in [0.3, 0.4) is 0 Å². The van der Waals surface area contributed by atoms with Gasteiger partial charge in [-0.1, -0.05) is 36.4 Å². The number of benzene rings is 1. The molecule has 1 fully saturated rings. The molecule has 1 aliphatic rings. The molecule has 0 bridgehead atoms. The maximum atomic E-state index is 13.8. The number of hydrogen-bond donors (Lipinski definition) is 3. The van der Waals surface area contributed by atoms with Gasteiger partial charge in [-0.15, -0.1) is 0 Å². The van der Waals surface area contributed by atoms with Crippen molar-refractivity contribution in [1.82, 2.24) is 15.1 Å². The summed E-state index contributed by atoms with van der Waals surface area (Å²) in [5, 5.41) is 26.8. The first-order chi connectivity index (χ1) is 16.2. The summed E-state index contributed by atoms with van der Waals surface area (Å²) in [5.41, 5.74) is -1.26. The zero-order valence-corrected chi connectivity index (χ0v) is 20.0. The maximum absolute atomic E-state index is 13.8. The first-order valence-corrected chi connectivity index (χ1v) is 10.9. The van der Waals surface area contributed by atoms with E-state index in [2.05, 4.69) is 17.0 Å². The van der Waals surface area contributed by atoms with Gasteiger partial charge in [0.15, 0.2) is 5.69 Å². The van der Waals surface area contributed by atoms with Crippen LogP contribution in [0.5, 0.6) is 5.88 Å². The number of ether oxygens (including phenoxy) is 1. The van der Waals surface area contributed by atoms with E-state index in [1.807, 2.05) is 0 Å². The van der Waals surface area contributed by atoms with Gasteiger partial charge in [0.25, 0.3) is 0 Å². The number of aliphatic hydroxyl groups excluding tert-OH is 1. The van der Waals surface area contributed by atoms with E-state index in [9.17, 15) is 23.1 Å². The van der Waals surface area contributed by atoms with Crippen molar-refractivity contribution in [3.05, 3.63) is 81.7 Å². The fraction of sp³-hybridized carbons (Fsp3) is 0.333. The average molecular weight is 512 g/mol. The highest BCUT2D eigenvalue weighted by atomic mass is 35.5. The summed E-state index contributed by atoms with van der Waals surface area (Å²) in [6, 6.07) is 5.97. The minimum Gasteiger partial charge on any atom is -0.478 e. The third kappa shape index (κ3) is 5.95. The minimum absolute atomic E-state index is 0.0803. The molecular formula is C24H25ClF3N3O4. The van der Waals surface area contributed by atoms with Crippen LogP contribution >= 0.6 is 11.6 Å². The number of aliphatic hydroxyl groups is 1. The second kappa shape index (κ2) is 9.88. The smallest absolute Gasteiger partial charge is 0.435 e. The SMILES string of the molecule is C=C(Cl)C(C)=CC=C(C)Oc1c(C(O)NC2(c3ccc(C(=O)O)cc3)CC2)c(C(F)(F)F)nn1C. The van der Waals surface area contributed by atoms with Gasteiger partial charge in [-0.3, -0.25) is 5.32 Å². The number of nitrogens with zero attached hydrogens (tertiary/aromatic N) is 2. The van der Waals surface area contributed by atoms with Crippen molar-refractivity contribution in [1.29, 1.82) is 0 Å². The number of rotatable bonds is 9. The van der Waals surface area contributed by atoms with Crippen LogP contribution in [0.2, 0.25) is 0 Å². The number of carbonyl (C=O) groups is 1. The monoisotopic (exact) mass is 511 g/mol. The molecule has 0 aliphatic heterocycles. The third-order valence-corrected chi connectivity index (χ3v) is 5.97. The molecule has 188 valence electrons. The maximum Gasteiger partial charge on any atom is 0.435 e. The number of aromatic nitrogens is 2. The lowest BCUT2D eigenvalue weighted by molar-refractivity contribution is -0.143. The van der Waals surface area contributed by atoms with Crippen LogP contribution in [-0.2, 0) is 18.8 Å². The molecule has 0 saturated heterocycles. The topological polar surface area (TPSA) is 96.6 Å². The van der Waals surface area contributed by atoms with Crippen LogP contribution in [0.1, 0.15) is 60.1 Å². The van der Waals surface area contributed by atoms with E-state index in [-0.39, 0.29) is 17.2 Å². The quantitative estimate of drug-likeness (QED) is 0.237. The highest BCUT2D eigenvalue weighted by Gasteiger charge is 2.48. The Morgan fingerprint density at radius 2 is 1.89 bits per heavy atom. The van der Waals surface area contributed by atoms with Gasteiger partial charge in [0.05, 0.1) is 11.1 Å². The highest BCUT2D eigenvalue weighted by Crippen LogP contribution is 2.48. The van der Waals surface area contributed by atoms with Gasteiger partial charge in [-0.05, 0) is 56.0 Å². The van der Waals surface area contributed by atoms with Crippen LogP contribution in [-0.4, -0.2) is 26.0 Å². The molecule has 3 rings (SSSR count). The number of aromatic carboxylic acids is 1. The molecule has 1 aliphatic carbocycles. The van der Waals surface area contributed by atoms with Crippen LogP contribution < -0.4 is 10.1 Å². The Bertz CT molecular complexity index is 1200. The molecule has 11 heteroatoms. The van der Waals surface area contributed by atoms with E-state index in [0.29, 0.717) is 29.0 Å². The summed E-state index contributed by atoms with van der Waals surface area (Å²) >= 11 is 5.82. The number of carboxylic acid groups (broad SMARTS) is 1. The number of nitrogens with one attached hydrogen (secondary N) is 1. The first-order valence-electron chi connectivity index (χ1n) is 10.6. The highest BCUT2D eigenvalue weighted by molar-refractivity contribution is 6.31. The molecule has 0 spiro atoms. The number of aryl methyl sites for hydroxylation is 1. The number of halogens is 4. The van der Waals surface area contributed by atoms with Gasteiger partial charge in [-0.2, -0.15) is 18.3 Å². The van der Waals surface area contributed by atoms with E-state index >= 15 is 0 Å². The number of allylic oxidation sites excluding steroid dienone is 5. The zero-order valence-electron chi connectivity index (χ0n) is 19.3. The molecule has 1 aromatic carbocycles. The van der Waals surface area contributed by atoms with Gasteiger partial charge < -0.3 is 14.9 Å². The minimum atomic E-state index is -4.85. The van der Waals surface area contributed by atoms with Gasteiger partial charge in [0.1, 0.15) is 12.0 Å². The molecule has 35 heavy (non-hydrogen) atoms. The van der Waals surface area contributed by atoms with Crippen molar-refractivity contribution in [3.63, 3.8) is 0 Å². The lowest BCUT2D eigenvalue weighted by Crippen LogP contribution is -2.34. The predicted octanol–water partition coefficient (Wildman–Crippen LogP) is 5.39.